The van der Waals surface area contributed by atoms with Crippen molar-refractivity contribution >= 4 is 50.8 Å². The number of amides is 1. The second-order valence-corrected chi connectivity index (χ2v) is 12.3. The lowest BCUT2D eigenvalue weighted by atomic mass is 9.97. The van der Waals surface area contributed by atoms with E-state index in [9.17, 15) is 33.2 Å². The van der Waals surface area contributed by atoms with Gasteiger partial charge in [-0.3, -0.25) is 14.9 Å². The number of halogens is 2. The number of carbonyl (C=O) groups is 2. The fourth-order valence-electron chi connectivity index (χ4n) is 4.62. The predicted molar refractivity (Wildman–Crippen MR) is 151 cm³/mol. The van der Waals surface area contributed by atoms with Gasteiger partial charge >= 0.3 is 11.7 Å². The number of benzene rings is 3. The van der Waals surface area contributed by atoms with Crippen LogP contribution in [0.5, 0.6) is 11.5 Å². The molecule has 14 heteroatoms. The van der Waals surface area contributed by atoms with Crippen LogP contribution in [0.3, 0.4) is 0 Å². The SMILES string of the molecule is C[C@@]1(C(=O)NC(Cc2ccc(Oc3ccccc3[N+](=O)[O-])cc2)C(=O)O)CCCN1S(=O)(=O)c1cc(Cl)cc(Cl)c1. The smallest absolute Gasteiger partial charge is 0.326 e. The summed E-state index contributed by atoms with van der Waals surface area (Å²) in [6.45, 7) is 1.50. The molecule has 0 radical (unpaired) electrons. The third-order valence-electron chi connectivity index (χ3n) is 6.74. The molecule has 1 aliphatic heterocycles. The molecule has 216 valence electrons. The molecule has 0 aromatic heterocycles. The molecule has 11 nitrogen and oxygen atoms in total. The summed E-state index contributed by atoms with van der Waals surface area (Å²) in [7, 11) is -4.19. The quantitative estimate of drug-likeness (QED) is 0.235. The Morgan fingerprint density at radius 2 is 1.76 bits per heavy atom. The molecule has 1 aliphatic rings. The van der Waals surface area contributed by atoms with Gasteiger partial charge in [0, 0.05) is 29.1 Å². The van der Waals surface area contributed by atoms with Crippen LogP contribution in [-0.2, 0) is 26.0 Å². The fourth-order valence-corrected chi connectivity index (χ4v) is 7.16. The molecule has 1 fully saturated rings. The summed E-state index contributed by atoms with van der Waals surface area (Å²) >= 11 is 12.0. The van der Waals surface area contributed by atoms with Crippen molar-refractivity contribution in [2.24, 2.45) is 0 Å². The van der Waals surface area contributed by atoms with Crippen molar-refractivity contribution in [3.05, 3.63) is 92.5 Å². The average Bonchev–Trinajstić information content (AvgIpc) is 3.32. The molecular formula is C27H25Cl2N3O8S. The monoisotopic (exact) mass is 621 g/mol. The van der Waals surface area contributed by atoms with Crippen molar-refractivity contribution in [2.45, 2.75) is 42.7 Å². The molecule has 1 heterocycles. The lowest BCUT2D eigenvalue weighted by Crippen LogP contribution is -2.58. The third-order valence-corrected chi connectivity index (χ3v) is 9.18. The number of carboxylic acids is 1. The van der Waals surface area contributed by atoms with Crippen molar-refractivity contribution in [1.29, 1.82) is 0 Å². The van der Waals surface area contributed by atoms with Gasteiger partial charge in [-0.2, -0.15) is 4.31 Å². The van der Waals surface area contributed by atoms with Crippen LogP contribution in [0.25, 0.3) is 0 Å². The highest BCUT2D eigenvalue weighted by Crippen LogP contribution is 2.36. The molecule has 1 unspecified atom stereocenters. The van der Waals surface area contributed by atoms with Gasteiger partial charge in [-0.1, -0.05) is 47.5 Å². The second kappa shape index (κ2) is 12.0. The summed E-state index contributed by atoms with van der Waals surface area (Å²) in [6.07, 6.45) is 0.451. The van der Waals surface area contributed by atoms with E-state index in [1.54, 1.807) is 18.2 Å². The zero-order valence-electron chi connectivity index (χ0n) is 21.6. The first-order valence-corrected chi connectivity index (χ1v) is 14.5. The van der Waals surface area contributed by atoms with Gasteiger partial charge in [-0.05, 0) is 61.7 Å². The minimum absolute atomic E-state index is 0.0466. The molecule has 0 spiro atoms. The van der Waals surface area contributed by atoms with Crippen LogP contribution in [0, 0.1) is 10.1 Å². The van der Waals surface area contributed by atoms with Crippen LogP contribution in [0.2, 0.25) is 10.0 Å². The summed E-state index contributed by atoms with van der Waals surface area (Å²) in [6, 6.07) is 14.6. The van der Waals surface area contributed by atoms with E-state index in [2.05, 4.69) is 5.32 Å². The molecule has 0 bridgehead atoms. The van der Waals surface area contributed by atoms with Crippen molar-refractivity contribution in [1.82, 2.24) is 9.62 Å². The molecular weight excluding hydrogens is 597 g/mol. The normalized spacial score (nSPS) is 18.0. The highest BCUT2D eigenvalue weighted by molar-refractivity contribution is 7.89. The van der Waals surface area contributed by atoms with E-state index in [-0.39, 0.29) is 45.8 Å². The number of aliphatic carboxylic acids is 1. The summed E-state index contributed by atoms with van der Waals surface area (Å²) in [5.41, 5.74) is -1.23. The van der Waals surface area contributed by atoms with Crippen molar-refractivity contribution < 1.29 is 32.8 Å². The molecule has 4 rings (SSSR count). The number of hydrogen-bond acceptors (Lipinski definition) is 7. The Balaban J connectivity index is 1.49. The van der Waals surface area contributed by atoms with Crippen molar-refractivity contribution in [2.75, 3.05) is 6.54 Å². The van der Waals surface area contributed by atoms with Crippen LogP contribution in [0.15, 0.2) is 71.6 Å². The number of ether oxygens (including phenoxy) is 1. The molecule has 1 amide bonds. The second-order valence-electron chi connectivity index (χ2n) is 9.60. The number of nitrogens with zero attached hydrogens (tertiary/aromatic N) is 2. The minimum Gasteiger partial charge on any atom is -0.480 e. The standard InChI is InChI=1S/C27H25Cl2N3O8S/c1-27(11-4-12-31(27)41(38,39)21-15-18(28)14-19(29)16-21)26(35)30-22(25(33)34)13-17-7-9-20(10-8-17)40-24-6-3-2-5-23(24)32(36)37/h2-3,5-10,14-16,22H,4,11-13H2,1H3,(H,30,35)(H,33,34)/t22?,27-/m0/s1. The average molecular weight is 622 g/mol. The number of rotatable bonds is 10. The van der Waals surface area contributed by atoms with Gasteiger partial charge in [0.1, 0.15) is 17.3 Å². The van der Waals surface area contributed by atoms with E-state index in [0.717, 1.165) is 4.31 Å². The van der Waals surface area contributed by atoms with Gasteiger partial charge in [0.25, 0.3) is 0 Å². The maximum absolute atomic E-state index is 13.5. The molecule has 3 aromatic rings. The number of para-hydroxylation sites is 2. The minimum atomic E-state index is -4.19. The molecule has 1 saturated heterocycles. The zero-order valence-corrected chi connectivity index (χ0v) is 23.9. The van der Waals surface area contributed by atoms with E-state index in [1.807, 2.05) is 0 Å². The van der Waals surface area contributed by atoms with Gasteiger partial charge < -0.3 is 15.2 Å². The Morgan fingerprint density at radius 3 is 2.37 bits per heavy atom. The molecule has 3 aromatic carbocycles. The highest BCUT2D eigenvalue weighted by atomic mass is 35.5. The molecule has 0 saturated carbocycles. The van der Waals surface area contributed by atoms with E-state index in [1.165, 1.54) is 55.5 Å². The van der Waals surface area contributed by atoms with Crippen molar-refractivity contribution in [3.8, 4) is 11.5 Å². The van der Waals surface area contributed by atoms with E-state index in [4.69, 9.17) is 27.9 Å². The zero-order chi connectivity index (χ0) is 29.9. The number of nitrogens with one attached hydrogen (secondary N) is 1. The first kappa shape index (κ1) is 30.3. The van der Waals surface area contributed by atoms with E-state index in [0.29, 0.717) is 17.7 Å². The third kappa shape index (κ3) is 6.62. The van der Waals surface area contributed by atoms with Gasteiger partial charge in [-0.15, -0.1) is 0 Å². The number of carbonyl (C=O) groups excluding carboxylic acids is 1. The lowest BCUT2D eigenvalue weighted by Gasteiger charge is -2.34. The van der Waals surface area contributed by atoms with E-state index < -0.39 is 38.4 Å². The van der Waals surface area contributed by atoms with Crippen LogP contribution in [-0.4, -0.2) is 52.8 Å². The lowest BCUT2D eigenvalue weighted by molar-refractivity contribution is -0.385. The predicted octanol–water partition coefficient (Wildman–Crippen LogP) is 5.05. The van der Waals surface area contributed by atoms with Crippen LogP contribution in [0.4, 0.5) is 5.69 Å². The van der Waals surface area contributed by atoms with Gasteiger partial charge in [0.15, 0.2) is 0 Å². The van der Waals surface area contributed by atoms with E-state index >= 15 is 0 Å². The summed E-state index contributed by atoms with van der Waals surface area (Å²) in [5, 5.41) is 23.8. The largest absolute Gasteiger partial charge is 0.480 e. The summed E-state index contributed by atoms with van der Waals surface area (Å²) in [4.78, 5) is 36.0. The Morgan fingerprint density at radius 1 is 1.12 bits per heavy atom. The number of nitro benzene ring substituents is 1. The van der Waals surface area contributed by atoms with Crippen LogP contribution >= 0.6 is 23.2 Å². The Labute approximate surface area is 245 Å². The van der Waals surface area contributed by atoms with Crippen LogP contribution in [0.1, 0.15) is 25.3 Å². The molecule has 0 aliphatic carbocycles. The van der Waals surface area contributed by atoms with Crippen LogP contribution < -0.4 is 10.1 Å². The Bertz CT molecular complexity index is 1580. The van der Waals surface area contributed by atoms with Crippen molar-refractivity contribution in [3.63, 3.8) is 0 Å². The number of nitro groups is 1. The summed E-state index contributed by atoms with van der Waals surface area (Å²) in [5.74, 6) is -1.73. The highest BCUT2D eigenvalue weighted by Gasteiger charge is 2.50. The Hall–Kier alpha value is -3.71. The number of hydrogen-bond donors (Lipinski definition) is 2. The first-order valence-electron chi connectivity index (χ1n) is 12.3. The molecule has 2 N–H and O–H groups in total. The fraction of sp³-hybridized carbons (Fsp3) is 0.259. The summed E-state index contributed by atoms with van der Waals surface area (Å²) < 4.78 is 33.6. The number of sulfonamides is 1. The maximum Gasteiger partial charge on any atom is 0.326 e. The first-order chi connectivity index (χ1) is 19.3. The van der Waals surface area contributed by atoms with Gasteiger partial charge in [-0.25, -0.2) is 13.2 Å². The Kier molecular flexibility index (Phi) is 8.88. The maximum atomic E-state index is 13.5. The number of carboxylic acid groups (broad SMARTS) is 1. The van der Waals surface area contributed by atoms with Gasteiger partial charge in [0.05, 0.1) is 9.82 Å². The van der Waals surface area contributed by atoms with Gasteiger partial charge in [0.2, 0.25) is 21.7 Å². The molecule has 2 atom stereocenters. The molecule has 41 heavy (non-hydrogen) atoms. The topological polar surface area (TPSA) is 156 Å².